The van der Waals surface area contributed by atoms with Crippen LogP contribution in [0.2, 0.25) is 0 Å². The molecule has 0 atom stereocenters. The minimum absolute atomic E-state index is 0.310. The van der Waals surface area contributed by atoms with Gasteiger partial charge in [0.05, 0.1) is 19.8 Å². The number of hydrogen-bond donors (Lipinski definition) is 2. The van der Waals surface area contributed by atoms with E-state index in [4.69, 9.17) is 9.84 Å². The van der Waals surface area contributed by atoms with Gasteiger partial charge in [0, 0.05) is 19.2 Å². The molecular weight excluding hydrogens is 258 g/mol. The van der Waals surface area contributed by atoms with E-state index in [2.05, 4.69) is 15.3 Å². The molecular formula is C11H16F2N4O2. The quantitative estimate of drug-likeness (QED) is 0.807. The van der Waals surface area contributed by atoms with Crippen LogP contribution in [0.25, 0.3) is 0 Å². The number of morpholine rings is 1. The molecule has 0 radical (unpaired) electrons. The fraction of sp³-hybridized carbons (Fsp3) is 0.636. The number of anilines is 2. The van der Waals surface area contributed by atoms with Crippen molar-refractivity contribution in [2.75, 3.05) is 49.7 Å². The summed E-state index contributed by atoms with van der Waals surface area (Å²) in [5, 5.41) is 11.0. The maximum atomic E-state index is 12.9. The second kappa shape index (κ2) is 6.07. The number of aliphatic hydroxyl groups excluding tert-OH is 1. The molecule has 1 aliphatic rings. The molecule has 2 N–H and O–H groups in total. The van der Waals surface area contributed by atoms with Crippen LogP contribution in [0.15, 0.2) is 12.4 Å². The van der Waals surface area contributed by atoms with Crippen molar-refractivity contribution in [3.63, 3.8) is 0 Å². The standard InChI is InChI=1S/C11H16F2N4O2/c12-11(13,7-18)6-14-9-5-10(16-8-15-9)17-1-3-19-4-2-17/h5,8,18H,1-4,6-7H2,(H,14,15,16). The Morgan fingerprint density at radius 2 is 2.11 bits per heavy atom. The number of hydrogen-bond acceptors (Lipinski definition) is 6. The van der Waals surface area contributed by atoms with Crippen molar-refractivity contribution in [2.45, 2.75) is 5.92 Å². The second-order valence-corrected chi connectivity index (χ2v) is 4.23. The zero-order valence-corrected chi connectivity index (χ0v) is 10.4. The van der Waals surface area contributed by atoms with E-state index < -0.39 is 19.1 Å². The summed E-state index contributed by atoms with van der Waals surface area (Å²) in [5.74, 6) is -2.18. The van der Waals surface area contributed by atoms with Gasteiger partial charge in [-0.2, -0.15) is 0 Å². The van der Waals surface area contributed by atoms with E-state index in [1.54, 1.807) is 6.07 Å². The molecule has 8 heteroatoms. The number of alkyl halides is 2. The third kappa shape index (κ3) is 3.97. The maximum absolute atomic E-state index is 12.9. The molecule has 1 saturated heterocycles. The third-order valence-electron chi connectivity index (χ3n) is 2.75. The minimum atomic E-state index is -3.16. The highest BCUT2D eigenvalue weighted by Gasteiger charge is 2.27. The predicted octanol–water partition coefficient (Wildman–Crippen LogP) is 0.353. The molecule has 0 spiro atoms. The largest absolute Gasteiger partial charge is 0.390 e. The van der Waals surface area contributed by atoms with Crippen molar-refractivity contribution in [3.8, 4) is 0 Å². The van der Waals surface area contributed by atoms with E-state index in [1.807, 2.05) is 4.90 Å². The fourth-order valence-electron chi connectivity index (χ4n) is 1.68. The van der Waals surface area contributed by atoms with E-state index >= 15 is 0 Å². The van der Waals surface area contributed by atoms with Crippen LogP contribution in [0, 0.1) is 0 Å². The molecule has 1 aromatic heterocycles. The summed E-state index contributed by atoms with van der Waals surface area (Å²) >= 11 is 0. The van der Waals surface area contributed by atoms with Crippen LogP contribution in [-0.4, -0.2) is 60.5 Å². The lowest BCUT2D eigenvalue weighted by molar-refractivity contribution is -0.0373. The van der Waals surface area contributed by atoms with Crippen LogP contribution in [0.1, 0.15) is 0 Å². The Morgan fingerprint density at radius 1 is 1.37 bits per heavy atom. The van der Waals surface area contributed by atoms with Crippen molar-refractivity contribution in [1.29, 1.82) is 0 Å². The van der Waals surface area contributed by atoms with E-state index in [9.17, 15) is 8.78 Å². The van der Waals surface area contributed by atoms with Crippen LogP contribution in [0.3, 0.4) is 0 Å². The molecule has 106 valence electrons. The first-order chi connectivity index (χ1) is 9.11. The highest BCUT2D eigenvalue weighted by Crippen LogP contribution is 2.17. The molecule has 1 fully saturated rings. The Morgan fingerprint density at radius 3 is 2.79 bits per heavy atom. The van der Waals surface area contributed by atoms with Crippen LogP contribution >= 0.6 is 0 Å². The topological polar surface area (TPSA) is 70.5 Å². The highest BCUT2D eigenvalue weighted by atomic mass is 19.3. The van der Waals surface area contributed by atoms with Gasteiger partial charge in [0.25, 0.3) is 5.92 Å². The first-order valence-electron chi connectivity index (χ1n) is 5.98. The van der Waals surface area contributed by atoms with Gasteiger partial charge < -0.3 is 20.1 Å². The normalized spacial score (nSPS) is 16.5. The number of ether oxygens (including phenoxy) is 1. The Labute approximate surface area is 109 Å². The summed E-state index contributed by atoms with van der Waals surface area (Å²) in [6, 6.07) is 1.61. The van der Waals surface area contributed by atoms with Gasteiger partial charge in [-0.3, -0.25) is 0 Å². The Kier molecular flexibility index (Phi) is 4.43. The Bertz CT molecular complexity index is 413. The van der Waals surface area contributed by atoms with E-state index in [1.165, 1.54) is 6.33 Å². The predicted molar refractivity (Wildman–Crippen MR) is 65.6 cm³/mol. The van der Waals surface area contributed by atoms with Gasteiger partial charge in [-0.15, -0.1) is 0 Å². The summed E-state index contributed by atoms with van der Waals surface area (Å²) < 4.78 is 31.1. The molecule has 0 bridgehead atoms. The smallest absolute Gasteiger partial charge is 0.287 e. The van der Waals surface area contributed by atoms with Gasteiger partial charge in [-0.1, -0.05) is 0 Å². The van der Waals surface area contributed by atoms with Crippen LogP contribution in [0.5, 0.6) is 0 Å². The number of aromatic nitrogens is 2. The highest BCUT2D eigenvalue weighted by molar-refractivity contribution is 5.48. The SMILES string of the molecule is OCC(F)(F)CNc1cc(N2CCOCC2)ncn1. The van der Waals surface area contributed by atoms with E-state index in [0.717, 1.165) is 0 Å². The second-order valence-electron chi connectivity index (χ2n) is 4.23. The molecule has 6 nitrogen and oxygen atoms in total. The van der Waals surface area contributed by atoms with Gasteiger partial charge in [-0.25, -0.2) is 18.7 Å². The summed E-state index contributed by atoms with van der Waals surface area (Å²) in [5.41, 5.74) is 0. The molecule has 1 aliphatic heterocycles. The molecule has 0 saturated carbocycles. The lowest BCUT2D eigenvalue weighted by Gasteiger charge is -2.27. The minimum Gasteiger partial charge on any atom is -0.390 e. The van der Waals surface area contributed by atoms with Gasteiger partial charge in [0.2, 0.25) is 0 Å². The third-order valence-corrected chi connectivity index (χ3v) is 2.75. The van der Waals surface area contributed by atoms with Crippen molar-refractivity contribution in [3.05, 3.63) is 12.4 Å². The molecule has 0 unspecified atom stereocenters. The molecule has 1 aromatic rings. The molecule has 2 rings (SSSR count). The maximum Gasteiger partial charge on any atom is 0.287 e. The summed E-state index contributed by atoms with van der Waals surface area (Å²) in [4.78, 5) is 9.99. The van der Waals surface area contributed by atoms with E-state index in [0.29, 0.717) is 37.9 Å². The molecule has 2 heterocycles. The van der Waals surface area contributed by atoms with Gasteiger partial charge >= 0.3 is 0 Å². The average molecular weight is 274 g/mol. The first-order valence-corrected chi connectivity index (χ1v) is 5.98. The molecule has 0 amide bonds. The van der Waals surface area contributed by atoms with Gasteiger partial charge in [0.1, 0.15) is 24.6 Å². The number of nitrogens with zero attached hydrogens (tertiary/aromatic N) is 3. The molecule has 0 aromatic carbocycles. The van der Waals surface area contributed by atoms with Crippen LogP contribution in [0.4, 0.5) is 20.4 Å². The lowest BCUT2D eigenvalue weighted by atomic mass is 10.3. The Balaban J connectivity index is 1.98. The van der Waals surface area contributed by atoms with Crippen LogP contribution < -0.4 is 10.2 Å². The van der Waals surface area contributed by atoms with Crippen LogP contribution in [-0.2, 0) is 4.74 Å². The van der Waals surface area contributed by atoms with Gasteiger partial charge in [-0.05, 0) is 0 Å². The molecule has 19 heavy (non-hydrogen) atoms. The first kappa shape index (κ1) is 13.9. The van der Waals surface area contributed by atoms with Crippen molar-refractivity contribution in [1.82, 2.24) is 9.97 Å². The monoisotopic (exact) mass is 274 g/mol. The zero-order chi connectivity index (χ0) is 13.7. The van der Waals surface area contributed by atoms with E-state index in [-0.39, 0.29) is 0 Å². The van der Waals surface area contributed by atoms with Crippen molar-refractivity contribution >= 4 is 11.6 Å². The Hall–Kier alpha value is -1.54. The van der Waals surface area contributed by atoms with Crippen molar-refractivity contribution in [2.24, 2.45) is 0 Å². The average Bonchev–Trinajstić information content (AvgIpc) is 2.47. The lowest BCUT2D eigenvalue weighted by Crippen LogP contribution is -2.37. The summed E-state index contributed by atoms with van der Waals surface area (Å²) in [7, 11) is 0. The number of rotatable bonds is 5. The number of aliphatic hydroxyl groups is 1. The summed E-state index contributed by atoms with van der Waals surface area (Å²) in [6.45, 7) is 0.807. The van der Waals surface area contributed by atoms with Gasteiger partial charge in [0.15, 0.2) is 0 Å². The number of halogens is 2. The fourth-order valence-corrected chi connectivity index (χ4v) is 1.68. The molecule has 0 aliphatic carbocycles. The zero-order valence-electron chi connectivity index (χ0n) is 10.4. The van der Waals surface area contributed by atoms with Crippen molar-refractivity contribution < 1.29 is 18.6 Å². The summed E-state index contributed by atoms with van der Waals surface area (Å²) in [6.07, 6.45) is 1.32. The number of nitrogens with one attached hydrogen (secondary N) is 1.